The molecule has 0 radical (unpaired) electrons. The lowest BCUT2D eigenvalue weighted by Crippen LogP contribution is -2.42. The van der Waals surface area contributed by atoms with Crippen molar-refractivity contribution in [2.45, 2.75) is 25.8 Å². The second-order valence-electron chi connectivity index (χ2n) is 7.78. The predicted molar refractivity (Wildman–Crippen MR) is 131 cm³/mol. The third-order valence-electron chi connectivity index (χ3n) is 5.52. The predicted octanol–water partition coefficient (Wildman–Crippen LogP) is 4.18. The number of thiazole rings is 1. The van der Waals surface area contributed by atoms with Crippen molar-refractivity contribution in [3.8, 4) is 10.6 Å². The Bertz CT molecular complexity index is 1030. The zero-order valence-corrected chi connectivity index (χ0v) is 20.2. The maximum atomic E-state index is 14.4. The summed E-state index contributed by atoms with van der Waals surface area (Å²) in [6, 6.07) is 4.58. The molecule has 0 atom stereocenters. The average Bonchev–Trinajstić information content (AvgIpc) is 3.16. The summed E-state index contributed by atoms with van der Waals surface area (Å²) in [5, 5.41) is 6.77. The van der Waals surface area contributed by atoms with Gasteiger partial charge in [0, 0.05) is 26.2 Å². The highest BCUT2D eigenvalue weighted by Crippen LogP contribution is 2.33. The summed E-state index contributed by atoms with van der Waals surface area (Å²) in [7, 11) is 6.06. The summed E-state index contributed by atoms with van der Waals surface area (Å²) >= 11 is 1.36. The molecule has 0 amide bonds. The summed E-state index contributed by atoms with van der Waals surface area (Å²) in [5.74, 6) is 0.424. The topological polar surface area (TPSA) is 82.1 Å². The molecule has 1 saturated heterocycles. The van der Waals surface area contributed by atoms with Gasteiger partial charge in [-0.15, -0.1) is 12.4 Å². The van der Waals surface area contributed by atoms with Crippen molar-refractivity contribution in [3.63, 3.8) is 0 Å². The number of nitrogens with zero attached hydrogens (tertiary/aromatic N) is 6. The van der Waals surface area contributed by atoms with Crippen molar-refractivity contribution >= 4 is 46.3 Å². The van der Waals surface area contributed by atoms with Gasteiger partial charge in [0.15, 0.2) is 10.9 Å². The van der Waals surface area contributed by atoms with Crippen LogP contribution in [-0.2, 0) is 0 Å². The molecule has 1 aliphatic heterocycles. The van der Waals surface area contributed by atoms with Gasteiger partial charge >= 0.3 is 0 Å². The van der Waals surface area contributed by atoms with Gasteiger partial charge in [-0.25, -0.2) is 24.3 Å². The Balaban J connectivity index is 0.00000289. The minimum Gasteiger partial charge on any atom is -0.370 e. The van der Waals surface area contributed by atoms with E-state index in [4.69, 9.17) is 0 Å². The van der Waals surface area contributed by atoms with Crippen molar-refractivity contribution in [1.82, 2.24) is 24.8 Å². The second-order valence-corrected chi connectivity index (χ2v) is 8.78. The average molecular weight is 479 g/mol. The van der Waals surface area contributed by atoms with Crippen LogP contribution in [0.3, 0.4) is 0 Å². The van der Waals surface area contributed by atoms with E-state index in [1.165, 1.54) is 17.5 Å². The third kappa shape index (κ3) is 5.25. The number of rotatable bonds is 6. The lowest BCUT2D eigenvalue weighted by Gasteiger charge is -2.36. The molecule has 0 unspecified atom stereocenters. The Kier molecular flexibility index (Phi) is 7.81. The molecule has 0 bridgehead atoms. The van der Waals surface area contributed by atoms with Crippen molar-refractivity contribution in [2.75, 3.05) is 49.8 Å². The molecule has 172 valence electrons. The number of pyridine rings is 1. The van der Waals surface area contributed by atoms with Crippen LogP contribution in [0.1, 0.15) is 18.5 Å². The van der Waals surface area contributed by atoms with Gasteiger partial charge in [0.2, 0.25) is 5.95 Å². The highest BCUT2D eigenvalue weighted by atomic mass is 35.5. The molecule has 4 rings (SSSR count). The van der Waals surface area contributed by atoms with Crippen LogP contribution < -0.4 is 15.5 Å². The van der Waals surface area contributed by atoms with Gasteiger partial charge in [0.1, 0.15) is 11.5 Å². The second kappa shape index (κ2) is 10.4. The number of aryl methyl sites for hydroxylation is 1. The van der Waals surface area contributed by atoms with Gasteiger partial charge in [-0.2, -0.15) is 0 Å². The number of piperidine rings is 1. The largest absolute Gasteiger partial charge is 0.370 e. The summed E-state index contributed by atoms with van der Waals surface area (Å²) in [4.78, 5) is 22.7. The first kappa shape index (κ1) is 24.1. The highest BCUT2D eigenvalue weighted by Gasteiger charge is 2.21. The Morgan fingerprint density at radius 1 is 1.12 bits per heavy atom. The maximum absolute atomic E-state index is 14.4. The zero-order valence-electron chi connectivity index (χ0n) is 18.6. The molecule has 2 N–H and O–H groups in total. The van der Waals surface area contributed by atoms with Crippen LogP contribution in [-0.4, -0.2) is 65.1 Å². The van der Waals surface area contributed by atoms with E-state index in [9.17, 15) is 4.39 Å². The standard InChI is InChI=1S/C21H27FN8S.ClH/c1-13-19(31-21(23-2)26-13)18-16(22)12-25-20(28-18)27-17-6-5-15(11-24-17)30-9-7-14(8-10-30)29(3)4;/h5-6,11-12,14H,7-10H2,1-4H3,(H,23,26)(H,24,25,27,28);1H. The fourth-order valence-corrected chi connectivity index (χ4v) is 4.62. The Morgan fingerprint density at radius 3 is 2.47 bits per heavy atom. The Labute approximate surface area is 197 Å². The van der Waals surface area contributed by atoms with Gasteiger partial charge in [-0.1, -0.05) is 11.3 Å². The number of aromatic nitrogens is 4. The molecule has 0 saturated carbocycles. The first-order valence-electron chi connectivity index (χ1n) is 10.3. The van der Waals surface area contributed by atoms with Crippen molar-refractivity contribution < 1.29 is 4.39 Å². The van der Waals surface area contributed by atoms with Crippen LogP contribution in [0.2, 0.25) is 0 Å². The van der Waals surface area contributed by atoms with E-state index < -0.39 is 5.82 Å². The summed E-state index contributed by atoms with van der Waals surface area (Å²) in [5.41, 5.74) is 2.05. The normalized spacial score (nSPS) is 14.4. The summed E-state index contributed by atoms with van der Waals surface area (Å²) < 4.78 is 14.4. The SMILES string of the molecule is CNc1nc(C)c(-c2nc(Nc3ccc(N4CCC(N(C)C)CC4)cn3)ncc2F)s1.Cl. The molecule has 0 aliphatic carbocycles. The number of hydrogen-bond acceptors (Lipinski definition) is 9. The molecule has 3 aromatic rings. The molecule has 3 aromatic heterocycles. The molecule has 4 heterocycles. The van der Waals surface area contributed by atoms with Crippen LogP contribution in [0.25, 0.3) is 10.6 Å². The van der Waals surface area contributed by atoms with Crippen LogP contribution >= 0.6 is 23.7 Å². The molecule has 0 aromatic carbocycles. The molecule has 0 spiro atoms. The van der Waals surface area contributed by atoms with Crippen LogP contribution in [0.5, 0.6) is 0 Å². The van der Waals surface area contributed by atoms with E-state index in [0.29, 0.717) is 27.8 Å². The van der Waals surface area contributed by atoms with E-state index in [2.05, 4.69) is 54.5 Å². The maximum Gasteiger partial charge on any atom is 0.229 e. The molecule has 8 nitrogen and oxygen atoms in total. The number of hydrogen-bond donors (Lipinski definition) is 2. The number of halogens is 2. The minimum absolute atomic E-state index is 0. The summed E-state index contributed by atoms with van der Waals surface area (Å²) in [6.07, 6.45) is 5.32. The van der Waals surface area contributed by atoms with Gasteiger partial charge in [-0.3, -0.25) is 0 Å². The smallest absolute Gasteiger partial charge is 0.229 e. The quantitative estimate of drug-likeness (QED) is 0.546. The van der Waals surface area contributed by atoms with E-state index in [1.807, 2.05) is 25.3 Å². The summed E-state index contributed by atoms with van der Waals surface area (Å²) in [6.45, 7) is 3.87. The molecule has 1 aliphatic rings. The third-order valence-corrected chi connectivity index (χ3v) is 6.70. The first-order chi connectivity index (χ1) is 14.9. The van der Waals surface area contributed by atoms with Gasteiger partial charge < -0.3 is 20.4 Å². The van der Waals surface area contributed by atoms with E-state index in [0.717, 1.165) is 37.3 Å². The van der Waals surface area contributed by atoms with Gasteiger partial charge in [-0.05, 0) is 46.0 Å². The van der Waals surface area contributed by atoms with Crippen molar-refractivity contribution in [2.24, 2.45) is 0 Å². The molecule has 1 fully saturated rings. The molecule has 11 heteroatoms. The lowest BCUT2D eigenvalue weighted by atomic mass is 10.0. The number of nitrogens with one attached hydrogen (secondary N) is 2. The lowest BCUT2D eigenvalue weighted by molar-refractivity contribution is 0.249. The van der Waals surface area contributed by atoms with Gasteiger partial charge in [0.25, 0.3) is 0 Å². The van der Waals surface area contributed by atoms with Crippen LogP contribution in [0.4, 0.5) is 27.0 Å². The fraction of sp³-hybridized carbons (Fsp3) is 0.429. The molecule has 32 heavy (non-hydrogen) atoms. The van der Waals surface area contributed by atoms with E-state index in [-0.39, 0.29) is 18.1 Å². The zero-order chi connectivity index (χ0) is 22.0. The Hall–Kier alpha value is -2.56. The van der Waals surface area contributed by atoms with Crippen molar-refractivity contribution in [1.29, 1.82) is 0 Å². The monoisotopic (exact) mass is 478 g/mol. The Morgan fingerprint density at radius 2 is 1.88 bits per heavy atom. The van der Waals surface area contributed by atoms with E-state index in [1.54, 1.807) is 7.05 Å². The molecular weight excluding hydrogens is 451 g/mol. The van der Waals surface area contributed by atoms with Crippen LogP contribution in [0, 0.1) is 12.7 Å². The fourth-order valence-electron chi connectivity index (χ4n) is 3.71. The van der Waals surface area contributed by atoms with Crippen molar-refractivity contribution in [3.05, 3.63) is 36.0 Å². The highest BCUT2D eigenvalue weighted by molar-refractivity contribution is 7.19. The first-order valence-corrected chi connectivity index (χ1v) is 11.1. The van der Waals surface area contributed by atoms with Gasteiger partial charge in [0.05, 0.1) is 28.7 Å². The van der Waals surface area contributed by atoms with E-state index >= 15 is 0 Å². The number of anilines is 4. The van der Waals surface area contributed by atoms with Crippen LogP contribution in [0.15, 0.2) is 24.5 Å². The minimum atomic E-state index is -0.482. The molecular formula is C21H28ClFN8S.